The highest BCUT2D eigenvalue weighted by molar-refractivity contribution is 7.98. The monoisotopic (exact) mass is 531 g/mol. The SMILES string of the molecule is CSc1ccc(N(Cc2ccc(F)cc2)Cc2cccc(-c3cc(C(C)(C)C#N)cc4cccnc34)c2)cc1. The zero-order chi connectivity index (χ0) is 27.4. The Bertz CT molecular complexity index is 1640. The molecule has 0 aliphatic heterocycles. The lowest BCUT2D eigenvalue weighted by atomic mass is 9.83. The summed E-state index contributed by atoms with van der Waals surface area (Å²) in [4.78, 5) is 8.22. The minimum atomic E-state index is -0.620. The van der Waals surface area contributed by atoms with Crippen LogP contribution in [0.15, 0.2) is 108 Å². The molecule has 5 rings (SSSR count). The molecular weight excluding hydrogens is 501 g/mol. The van der Waals surface area contributed by atoms with Crippen LogP contribution in [0.1, 0.15) is 30.5 Å². The number of thioether (sulfide) groups is 1. The number of fused-ring (bicyclic) bond motifs is 1. The third kappa shape index (κ3) is 5.97. The van der Waals surface area contributed by atoms with E-state index in [-0.39, 0.29) is 5.82 Å². The maximum absolute atomic E-state index is 13.6. The molecule has 0 saturated carbocycles. The summed E-state index contributed by atoms with van der Waals surface area (Å²) in [5.74, 6) is -0.232. The van der Waals surface area contributed by atoms with Crippen LogP contribution < -0.4 is 4.90 Å². The molecule has 0 fully saturated rings. The van der Waals surface area contributed by atoms with Crippen molar-refractivity contribution in [3.05, 3.63) is 126 Å². The van der Waals surface area contributed by atoms with Gasteiger partial charge in [0.1, 0.15) is 5.82 Å². The van der Waals surface area contributed by atoms with Gasteiger partial charge in [0.25, 0.3) is 0 Å². The molecule has 5 heteroatoms. The molecule has 0 amide bonds. The second-order valence-corrected chi connectivity index (χ2v) is 11.1. The van der Waals surface area contributed by atoms with Crippen LogP contribution in [0.3, 0.4) is 0 Å². The van der Waals surface area contributed by atoms with Crippen molar-refractivity contribution in [3.63, 3.8) is 0 Å². The highest BCUT2D eigenvalue weighted by Crippen LogP contribution is 2.34. The fourth-order valence-electron chi connectivity index (χ4n) is 4.74. The van der Waals surface area contributed by atoms with E-state index in [1.165, 1.54) is 17.0 Å². The first-order chi connectivity index (χ1) is 18.9. The number of halogens is 1. The Morgan fingerprint density at radius 2 is 1.62 bits per heavy atom. The lowest BCUT2D eigenvalue weighted by Crippen LogP contribution is -2.22. The van der Waals surface area contributed by atoms with E-state index in [0.717, 1.165) is 44.4 Å². The van der Waals surface area contributed by atoms with Gasteiger partial charge in [-0.2, -0.15) is 5.26 Å². The zero-order valence-corrected chi connectivity index (χ0v) is 23.2. The molecule has 0 bridgehead atoms. The average molecular weight is 532 g/mol. The Labute approximate surface area is 233 Å². The molecule has 0 atom stereocenters. The summed E-state index contributed by atoms with van der Waals surface area (Å²) in [6.45, 7) is 5.22. The number of anilines is 1. The Kier molecular flexibility index (Phi) is 7.67. The molecule has 194 valence electrons. The van der Waals surface area contributed by atoms with Gasteiger partial charge >= 0.3 is 0 Å². The number of nitrogens with zero attached hydrogens (tertiary/aromatic N) is 3. The van der Waals surface area contributed by atoms with Gasteiger partial charge in [-0.25, -0.2) is 4.39 Å². The van der Waals surface area contributed by atoms with Gasteiger partial charge in [0.05, 0.1) is 17.0 Å². The van der Waals surface area contributed by atoms with Crippen molar-refractivity contribution in [2.45, 2.75) is 37.2 Å². The van der Waals surface area contributed by atoms with Crippen LogP contribution in [0.5, 0.6) is 0 Å². The topological polar surface area (TPSA) is 39.9 Å². The number of benzene rings is 4. The first kappa shape index (κ1) is 26.5. The number of aromatic nitrogens is 1. The van der Waals surface area contributed by atoms with Crippen molar-refractivity contribution in [1.29, 1.82) is 5.26 Å². The van der Waals surface area contributed by atoms with Gasteiger partial charge in [0.15, 0.2) is 0 Å². The maximum atomic E-state index is 13.6. The molecule has 0 N–H and O–H groups in total. The highest BCUT2D eigenvalue weighted by Gasteiger charge is 2.22. The fraction of sp³-hybridized carbons (Fsp3) is 0.176. The van der Waals surface area contributed by atoms with E-state index in [1.807, 2.05) is 38.2 Å². The molecular formula is C34H30FN3S. The maximum Gasteiger partial charge on any atom is 0.123 e. The predicted octanol–water partition coefficient (Wildman–Crippen LogP) is 8.77. The number of rotatable bonds is 8. The van der Waals surface area contributed by atoms with E-state index < -0.39 is 5.41 Å². The summed E-state index contributed by atoms with van der Waals surface area (Å²) in [5, 5.41) is 10.8. The average Bonchev–Trinajstić information content (AvgIpc) is 2.97. The van der Waals surface area contributed by atoms with E-state index in [4.69, 9.17) is 4.98 Å². The molecule has 1 aromatic heterocycles. The molecule has 0 unspecified atom stereocenters. The van der Waals surface area contributed by atoms with Crippen LogP contribution in [0.25, 0.3) is 22.0 Å². The molecule has 0 spiro atoms. The van der Waals surface area contributed by atoms with Gasteiger partial charge in [-0.3, -0.25) is 4.98 Å². The van der Waals surface area contributed by atoms with Crippen LogP contribution in [0.4, 0.5) is 10.1 Å². The van der Waals surface area contributed by atoms with Gasteiger partial charge in [-0.1, -0.05) is 36.4 Å². The Hall–Kier alpha value is -4.14. The van der Waals surface area contributed by atoms with E-state index in [9.17, 15) is 9.65 Å². The molecule has 4 aromatic carbocycles. The van der Waals surface area contributed by atoms with Crippen molar-refractivity contribution < 1.29 is 4.39 Å². The first-order valence-electron chi connectivity index (χ1n) is 12.9. The molecule has 0 aliphatic rings. The summed E-state index contributed by atoms with van der Waals surface area (Å²) < 4.78 is 13.6. The van der Waals surface area contributed by atoms with Crippen LogP contribution in [-0.4, -0.2) is 11.2 Å². The van der Waals surface area contributed by atoms with Gasteiger partial charge < -0.3 is 4.90 Å². The second kappa shape index (κ2) is 11.3. The van der Waals surface area contributed by atoms with Gasteiger partial charge in [0.2, 0.25) is 0 Å². The van der Waals surface area contributed by atoms with Crippen LogP contribution in [0, 0.1) is 17.1 Å². The van der Waals surface area contributed by atoms with Crippen LogP contribution >= 0.6 is 11.8 Å². The van der Waals surface area contributed by atoms with Crippen LogP contribution in [0.2, 0.25) is 0 Å². The molecule has 0 saturated heterocycles. The molecule has 0 radical (unpaired) electrons. The van der Waals surface area contributed by atoms with E-state index in [2.05, 4.69) is 84.0 Å². The van der Waals surface area contributed by atoms with Gasteiger partial charge in [-0.05, 0) is 103 Å². The Morgan fingerprint density at radius 1 is 0.872 bits per heavy atom. The Balaban J connectivity index is 1.54. The fourth-order valence-corrected chi connectivity index (χ4v) is 5.15. The number of hydrogen-bond donors (Lipinski definition) is 0. The number of hydrogen-bond acceptors (Lipinski definition) is 4. The normalized spacial score (nSPS) is 11.4. The smallest absolute Gasteiger partial charge is 0.123 e. The largest absolute Gasteiger partial charge is 0.363 e. The molecule has 1 heterocycles. The summed E-state index contributed by atoms with van der Waals surface area (Å²) >= 11 is 1.72. The minimum Gasteiger partial charge on any atom is -0.363 e. The molecule has 3 nitrogen and oxygen atoms in total. The van der Waals surface area contributed by atoms with Gasteiger partial charge in [-0.15, -0.1) is 11.8 Å². The van der Waals surface area contributed by atoms with Crippen molar-refractivity contribution in [1.82, 2.24) is 4.98 Å². The molecule has 39 heavy (non-hydrogen) atoms. The Morgan fingerprint density at radius 3 is 2.33 bits per heavy atom. The lowest BCUT2D eigenvalue weighted by Gasteiger charge is -2.26. The summed E-state index contributed by atoms with van der Waals surface area (Å²) in [6, 6.07) is 34.4. The van der Waals surface area contributed by atoms with Crippen LogP contribution in [-0.2, 0) is 18.5 Å². The predicted molar refractivity (Wildman–Crippen MR) is 160 cm³/mol. The third-order valence-electron chi connectivity index (χ3n) is 7.04. The van der Waals surface area contributed by atoms with Gasteiger partial charge in [0, 0.05) is 40.8 Å². The molecule has 5 aromatic rings. The second-order valence-electron chi connectivity index (χ2n) is 10.2. The lowest BCUT2D eigenvalue weighted by molar-refractivity contribution is 0.626. The first-order valence-corrected chi connectivity index (χ1v) is 14.1. The summed E-state index contributed by atoms with van der Waals surface area (Å²) in [6.07, 6.45) is 3.88. The van der Waals surface area contributed by atoms with E-state index >= 15 is 0 Å². The number of nitriles is 1. The van der Waals surface area contributed by atoms with Crippen molar-refractivity contribution in [3.8, 4) is 17.2 Å². The van der Waals surface area contributed by atoms with Crippen molar-refractivity contribution >= 4 is 28.4 Å². The summed E-state index contributed by atoms with van der Waals surface area (Å²) in [5.41, 5.74) is 6.65. The standard InChI is InChI=1S/C34H30FN3S/c1-34(2,23-36)28-19-27-8-5-17-37-33(27)32(20-28)26-7-4-6-25(18-26)22-38(21-24-9-11-29(35)12-10-24)30-13-15-31(39-3)16-14-30/h4-20H,21-22H2,1-3H3. The summed E-state index contributed by atoms with van der Waals surface area (Å²) in [7, 11) is 0. The highest BCUT2D eigenvalue weighted by atomic mass is 32.2. The molecule has 0 aliphatic carbocycles. The van der Waals surface area contributed by atoms with Crippen molar-refractivity contribution in [2.75, 3.05) is 11.2 Å². The quantitative estimate of drug-likeness (QED) is 0.188. The zero-order valence-electron chi connectivity index (χ0n) is 22.4. The van der Waals surface area contributed by atoms with E-state index in [0.29, 0.717) is 13.1 Å². The number of pyridine rings is 1. The van der Waals surface area contributed by atoms with Crippen molar-refractivity contribution in [2.24, 2.45) is 0 Å². The third-order valence-corrected chi connectivity index (χ3v) is 7.79. The minimum absolute atomic E-state index is 0.232. The van der Waals surface area contributed by atoms with E-state index in [1.54, 1.807) is 11.8 Å².